The van der Waals surface area contributed by atoms with Gasteiger partial charge in [-0.3, -0.25) is 0 Å². The zero-order chi connectivity index (χ0) is 12.6. The van der Waals surface area contributed by atoms with Crippen LogP contribution in [0.25, 0.3) is 0 Å². The normalized spacial score (nSPS) is 30.1. The van der Waals surface area contributed by atoms with Crippen molar-refractivity contribution in [3.63, 3.8) is 0 Å². The molecule has 1 saturated carbocycles. The van der Waals surface area contributed by atoms with E-state index in [0.29, 0.717) is 5.02 Å². The number of aliphatic hydroxyl groups excluding tert-OH is 1. The summed E-state index contributed by atoms with van der Waals surface area (Å²) < 4.78 is 12.1. The fourth-order valence-corrected chi connectivity index (χ4v) is 3.17. The number of benzene rings is 1. The Kier molecular flexibility index (Phi) is 3.32. The summed E-state index contributed by atoms with van der Waals surface area (Å²) in [7, 11) is 0. The number of rotatable bonds is 2. The van der Waals surface area contributed by atoms with Crippen LogP contribution in [0, 0.1) is 0 Å². The van der Waals surface area contributed by atoms with Crippen molar-refractivity contribution in [3.8, 4) is 0 Å². The maximum atomic E-state index is 9.48. The summed E-state index contributed by atoms with van der Waals surface area (Å²) in [5.41, 5.74) is 0.905. The van der Waals surface area contributed by atoms with Crippen molar-refractivity contribution in [2.45, 2.75) is 43.7 Å². The lowest BCUT2D eigenvalue weighted by molar-refractivity contribution is -0.172. The third-order valence-electron chi connectivity index (χ3n) is 3.80. The highest BCUT2D eigenvalue weighted by molar-refractivity contribution is 6.31. The first-order valence-electron chi connectivity index (χ1n) is 6.45. The highest BCUT2D eigenvalue weighted by Gasteiger charge is 2.49. The minimum atomic E-state index is -0.489. The first-order chi connectivity index (χ1) is 8.74. The molecule has 0 radical (unpaired) electrons. The van der Waals surface area contributed by atoms with Gasteiger partial charge in [0.1, 0.15) is 12.2 Å². The van der Waals surface area contributed by atoms with E-state index >= 15 is 0 Å². The van der Waals surface area contributed by atoms with Crippen molar-refractivity contribution in [1.29, 1.82) is 0 Å². The maximum Gasteiger partial charge on any atom is 0.169 e. The van der Waals surface area contributed by atoms with Crippen molar-refractivity contribution in [1.82, 2.24) is 0 Å². The minimum Gasteiger partial charge on any atom is -0.394 e. The van der Waals surface area contributed by atoms with Gasteiger partial charge in [-0.15, -0.1) is 0 Å². The number of halogens is 1. The maximum absolute atomic E-state index is 9.48. The van der Waals surface area contributed by atoms with E-state index in [4.69, 9.17) is 21.1 Å². The van der Waals surface area contributed by atoms with E-state index < -0.39 is 5.79 Å². The van der Waals surface area contributed by atoms with Crippen LogP contribution in [0.15, 0.2) is 24.3 Å². The molecule has 2 fully saturated rings. The Morgan fingerprint density at radius 3 is 2.61 bits per heavy atom. The molecule has 1 spiro atoms. The van der Waals surface area contributed by atoms with Crippen molar-refractivity contribution in [2.24, 2.45) is 0 Å². The molecule has 4 heteroatoms. The minimum absolute atomic E-state index is 0.0440. The smallest absolute Gasteiger partial charge is 0.169 e. The van der Waals surface area contributed by atoms with E-state index in [9.17, 15) is 5.11 Å². The Morgan fingerprint density at radius 1 is 1.22 bits per heavy atom. The molecular formula is C14H17ClO3. The molecular weight excluding hydrogens is 252 g/mol. The summed E-state index contributed by atoms with van der Waals surface area (Å²) >= 11 is 6.20. The number of aliphatic hydroxyl groups is 1. The SMILES string of the molecule is OCC1OC2(CCCC2)O[C@@H]1c1ccccc1Cl. The Bertz CT molecular complexity index is 429. The molecule has 1 unspecified atom stereocenters. The molecule has 3 rings (SSSR count). The summed E-state index contributed by atoms with van der Waals surface area (Å²) in [6, 6.07) is 7.60. The highest BCUT2D eigenvalue weighted by Crippen LogP contribution is 2.47. The van der Waals surface area contributed by atoms with Crippen LogP contribution in [0.5, 0.6) is 0 Å². The second-order valence-electron chi connectivity index (χ2n) is 5.02. The molecule has 0 bridgehead atoms. The first-order valence-corrected chi connectivity index (χ1v) is 6.83. The quantitative estimate of drug-likeness (QED) is 0.896. The average Bonchev–Trinajstić information content (AvgIpc) is 2.98. The van der Waals surface area contributed by atoms with Crippen LogP contribution in [0.4, 0.5) is 0 Å². The Hall–Kier alpha value is -0.610. The van der Waals surface area contributed by atoms with Crippen molar-refractivity contribution < 1.29 is 14.6 Å². The van der Waals surface area contributed by atoms with Gasteiger partial charge in [-0.25, -0.2) is 0 Å². The van der Waals surface area contributed by atoms with Crippen LogP contribution in [0.3, 0.4) is 0 Å². The second-order valence-corrected chi connectivity index (χ2v) is 5.42. The van der Waals surface area contributed by atoms with Gasteiger partial charge in [0.05, 0.1) is 6.61 Å². The molecule has 2 aliphatic rings. The monoisotopic (exact) mass is 268 g/mol. The molecule has 1 heterocycles. The molecule has 1 aliphatic heterocycles. The van der Waals surface area contributed by atoms with Gasteiger partial charge in [0.2, 0.25) is 0 Å². The second kappa shape index (κ2) is 4.82. The summed E-state index contributed by atoms with van der Waals surface area (Å²) in [4.78, 5) is 0. The predicted molar refractivity (Wildman–Crippen MR) is 68.4 cm³/mol. The van der Waals surface area contributed by atoms with Gasteiger partial charge in [-0.1, -0.05) is 29.8 Å². The van der Waals surface area contributed by atoms with Crippen molar-refractivity contribution in [2.75, 3.05) is 6.61 Å². The van der Waals surface area contributed by atoms with Gasteiger partial charge >= 0.3 is 0 Å². The van der Waals surface area contributed by atoms with Gasteiger partial charge in [-0.05, 0) is 18.9 Å². The van der Waals surface area contributed by atoms with Gasteiger partial charge < -0.3 is 14.6 Å². The van der Waals surface area contributed by atoms with E-state index in [1.54, 1.807) is 0 Å². The number of hydrogen-bond acceptors (Lipinski definition) is 3. The molecule has 1 aliphatic carbocycles. The molecule has 1 N–H and O–H groups in total. The van der Waals surface area contributed by atoms with Crippen LogP contribution < -0.4 is 0 Å². The van der Waals surface area contributed by atoms with E-state index in [1.165, 1.54) is 0 Å². The first kappa shape index (κ1) is 12.4. The van der Waals surface area contributed by atoms with Gasteiger partial charge in [0, 0.05) is 23.4 Å². The lowest BCUT2D eigenvalue weighted by atomic mass is 10.1. The van der Waals surface area contributed by atoms with Crippen molar-refractivity contribution >= 4 is 11.6 Å². The molecule has 1 aromatic rings. The molecule has 3 nitrogen and oxygen atoms in total. The molecule has 1 aromatic carbocycles. The molecule has 1 saturated heterocycles. The number of hydrogen-bond donors (Lipinski definition) is 1. The summed E-state index contributed by atoms with van der Waals surface area (Å²) in [5, 5.41) is 10.2. The molecule has 2 atom stereocenters. The average molecular weight is 269 g/mol. The van der Waals surface area contributed by atoms with Crippen LogP contribution in [-0.4, -0.2) is 23.6 Å². The van der Waals surface area contributed by atoms with Crippen LogP contribution >= 0.6 is 11.6 Å². The fraction of sp³-hybridized carbons (Fsp3) is 0.571. The number of ether oxygens (including phenoxy) is 2. The zero-order valence-corrected chi connectivity index (χ0v) is 10.9. The van der Waals surface area contributed by atoms with Gasteiger partial charge in [-0.2, -0.15) is 0 Å². The Balaban J connectivity index is 1.89. The van der Waals surface area contributed by atoms with E-state index in [-0.39, 0.29) is 18.8 Å². The van der Waals surface area contributed by atoms with Gasteiger partial charge in [0.15, 0.2) is 5.79 Å². The fourth-order valence-electron chi connectivity index (χ4n) is 2.92. The topological polar surface area (TPSA) is 38.7 Å². The molecule has 18 heavy (non-hydrogen) atoms. The van der Waals surface area contributed by atoms with E-state index in [1.807, 2.05) is 24.3 Å². The van der Waals surface area contributed by atoms with Crippen LogP contribution in [0.2, 0.25) is 5.02 Å². The molecule has 0 aromatic heterocycles. The summed E-state index contributed by atoms with van der Waals surface area (Å²) in [6.45, 7) is -0.0440. The summed E-state index contributed by atoms with van der Waals surface area (Å²) in [5.74, 6) is -0.489. The van der Waals surface area contributed by atoms with Crippen LogP contribution in [0.1, 0.15) is 37.4 Å². The third-order valence-corrected chi connectivity index (χ3v) is 4.15. The molecule has 0 amide bonds. The Labute approximate surface area is 112 Å². The predicted octanol–water partition coefficient (Wildman–Crippen LogP) is 3.06. The summed E-state index contributed by atoms with van der Waals surface area (Å²) in [6.07, 6.45) is 3.47. The van der Waals surface area contributed by atoms with E-state index in [0.717, 1.165) is 31.2 Å². The lowest BCUT2D eigenvalue weighted by Crippen LogP contribution is -2.27. The van der Waals surface area contributed by atoms with E-state index in [2.05, 4.69) is 0 Å². The highest BCUT2D eigenvalue weighted by atomic mass is 35.5. The van der Waals surface area contributed by atoms with Crippen LogP contribution in [-0.2, 0) is 9.47 Å². The Morgan fingerprint density at radius 2 is 1.94 bits per heavy atom. The lowest BCUT2D eigenvalue weighted by Gasteiger charge is -2.22. The van der Waals surface area contributed by atoms with Crippen molar-refractivity contribution in [3.05, 3.63) is 34.9 Å². The molecule has 98 valence electrons. The van der Waals surface area contributed by atoms with Gasteiger partial charge in [0.25, 0.3) is 0 Å². The largest absolute Gasteiger partial charge is 0.394 e. The standard InChI is InChI=1S/C14H17ClO3/c15-11-6-2-1-5-10(11)13-12(9-16)17-14(18-13)7-3-4-8-14/h1-2,5-6,12-13,16H,3-4,7-9H2/t12?,13-/m1/s1. The zero-order valence-electron chi connectivity index (χ0n) is 10.1. The third kappa shape index (κ3) is 2.05.